The summed E-state index contributed by atoms with van der Waals surface area (Å²) < 4.78 is 4.79. The summed E-state index contributed by atoms with van der Waals surface area (Å²) in [6.45, 7) is 4.62. The van der Waals surface area contributed by atoms with Crippen LogP contribution in [0.2, 0.25) is 0 Å². The average molecular weight is 424 g/mol. The van der Waals surface area contributed by atoms with Crippen molar-refractivity contribution >= 4 is 17.3 Å². The summed E-state index contributed by atoms with van der Waals surface area (Å²) in [6, 6.07) is 16.6. The highest BCUT2D eigenvalue weighted by Crippen LogP contribution is 2.41. The zero-order chi connectivity index (χ0) is 22.0. The van der Waals surface area contributed by atoms with Crippen LogP contribution < -0.4 is 4.90 Å². The molecule has 0 aromatic heterocycles. The predicted octanol–water partition coefficient (Wildman–Crippen LogP) is 4.11. The van der Waals surface area contributed by atoms with E-state index in [1.165, 1.54) is 12.7 Å². The quantitative estimate of drug-likeness (QED) is 0.361. The Morgan fingerprint density at radius 2 is 1.97 bits per heavy atom. The number of piperazine rings is 1. The van der Waals surface area contributed by atoms with Gasteiger partial charge in [0.25, 0.3) is 5.69 Å². The second-order valence-corrected chi connectivity index (χ2v) is 8.50. The number of ether oxygens (including phenoxy) is 1. The van der Waals surface area contributed by atoms with E-state index in [9.17, 15) is 14.9 Å². The van der Waals surface area contributed by atoms with Crippen molar-refractivity contribution in [2.45, 2.75) is 50.7 Å². The monoisotopic (exact) mass is 423 g/mol. The summed E-state index contributed by atoms with van der Waals surface area (Å²) in [4.78, 5) is 28.0. The molecule has 1 unspecified atom stereocenters. The van der Waals surface area contributed by atoms with Crippen molar-refractivity contribution < 1.29 is 14.5 Å². The van der Waals surface area contributed by atoms with Gasteiger partial charge in [-0.25, -0.2) is 0 Å². The Morgan fingerprint density at radius 3 is 2.58 bits per heavy atom. The maximum Gasteiger partial charge on any atom is 0.306 e. The summed E-state index contributed by atoms with van der Waals surface area (Å²) in [6.07, 6.45) is 1.98. The first-order valence-corrected chi connectivity index (χ1v) is 10.9. The second kappa shape index (κ2) is 9.06. The van der Waals surface area contributed by atoms with Crippen molar-refractivity contribution in [2.75, 3.05) is 25.1 Å². The summed E-state index contributed by atoms with van der Waals surface area (Å²) in [7, 11) is 1.37. The SMILES string of the molecule is CCC(CC(=O)OC)c1ccc(N2C[C@@H]3C[C@H]2CN3Cc2ccccc2)c([N+](=O)[O-])c1. The normalized spacial score (nSPS) is 21.3. The summed E-state index contributed by atoms with van der Waals surface area (Å²) in [5.74, 6) is -0.384. The molecule has 2 aromatic carbocycles. The predicted molar refractivity (Wildman–Crippen MR) is 119 cm³/mol. The number of methoxy groups -OCH3 is 1. The summed E-state index contributed by atoms with van der Waals surface area (Å²) in [5, 5.41) is 11.9. The number of fused-ring (bicyclic) bond motifs is 2. The molecule has 2 bridgehead atoms. The highest BCUT2D eigenvalue weighted by atomic mass is 16.6. The van der Waals surface area contributed by atoms with Gasteiger partial charge in [0, 0.05) is 37.8 Å². The fourth-order valence-corrected chi connectivity index (χ4v) is 5.02. The van der Waals surface area contributed by atoms with Crippen LogP contribution in [0.3, 0.4) is 0 Å². The maximum absolute atomic E-state index is 11.9. The summed E-state index contributed by atoms with van der Waals surface area (Å²) in [5.41, 5.74) is 2.93. The number of anilines is 1. The van der Waals surface area contributed by atoms with Gasteiger partial charge in [-0.15, -0.1) is 0 Å². The fourth-order valence-electron chi connectivity index (χ4n) is 5.02. The molecule has 164 valence electrons. The number of benzene rings is 2. The minimum Gasteiger partial charge on any atom is -0.469 e. The number of carbonyl (C=O) groups is 1. The molecule has 0 amide bonds. The van der Waals surface area contributed by atoms with E-state index in [1.54, 1.807) is 6.07 Å². The van der Waals surface area contributed by atoms with E-state index >= 15 is 0 Å². The van der Waals surface area contributed by atoms with Gasteiger partial charge in [-0.1, -0.05) is 43.3 Å². The Bertz CT molecular complexity index is 949. The van der Waals surface area contributed by atoms with Crippen molar-refractivity contribution in [3.05, 3.63) is 69.8 Å². The molecule has 3 atom stereocenters. The van der Waals surface area contributed by atoms with Crippen LogP contribution in [0, 0.1) is 10.1 Å². The molecule has 2 fully saturated rings. The topological polar surface area (TPSA) is 75.9 Å². The van der Waals surface area contributed by atoms with Crippen LogP contribution in [-0.2, 0) is 16.1 Å². The first-order valence-electron chi connectivity index (χ1n) is 10.9. The van der Waals surface area contributed by atoms with Crippen molar-refractivity contribution in [1.82, 2.24) is 4.90 Å². The number of hydrogen-bond acceptors (Lipinski definition) is 6. The highest BCUT2D eigenvalue weighted by Gasteiger charge is 2.44. The molecule has 0 aliphatic carbocycles. The van der Waals surface area contributed by atoms with Gasteiger partial charge in [-0.3, -0.25) is 19.8 Å². The number of likely N-dealkylation sites (tertiary alicyclic amines) is 1. The molecule has 0 radical (unpaired) electrons. The minimum absolute atomic E-state index is 0.0865. The van der Waals surface area contributed by atoms with E-state index < -0.39 is 0 Å². The number of nitrogens with zero attached hydrogens (tertiary/aromatic N) is 3. The molecular weight excluding hydrogens is 394 g/mol. The van der Waals surface area contributed by atoms with E-state index in [0.29, 0.717) is 18.2 Å². The molecule has 0 spiro atoms. The number of esters is 1. The third-order valence-corrected chi connectivity index (χ3v) is 6.69. The van der Waals surface area contributed by atoms with Gasteiger partial charge < -0.3 is 9.64 Å². The van der Waals surface area contributed by atoms with Gasteiger partial charge in [0.1, 0.15) is 5.69 Å². The van der Waals surface area contributed by atoms with Crippen molar-refractivity contribution in [2.24, 2.45) is 0 Å². The van der Waals surface area contributed by atoms with E-state index in [-0.39, 0.29) is 35.0 Å². The van der Waals surface area contributed by atoms with Crippen LogP contribution in [0.25, 0.3) is 0 Å². The molecule has 0 N–H and O–H groups in total. The minimum atomic E-state index is -0.297. The number of rotatable bonds is 8. The van der Waals surface area contributed by atoms with Gasteiger partial charge in [-0.05, 0) is 36.0 Å². The van der Waals surface area contributed by atoms with E-state index in [2.05, 4.69) is 34.1 Å². The molecule has 2 heterocycles. The van der Waals surface area contributed by atoms with E-state index in [4.69, 9.17) is 4.74 Å². The maximum atomic E-state index is 11.9. The van der Waals surface area contributed by atoms with Gasteiger partial charge in [0.15, 0.2) is 0 Å². The van der Waals surface area contributed by atoms with Crippen LogP contribution in [0.1, 0.15) is 43.2 Å². The average Bonchev–Trinajstić information content (AvgIpc) is 3.38. The highest BCUT2D eigenvalue weighted by molar-refractivity contribution is 5.71. The lowest BCUT2D eigenvalue weighted by Gasteiger charge is -2.35. The zero-order valence-electron chi connectivity index (χ0n) is 18.1. The van der Waals surface area contributed by atoms with Gasteiger partial charge >= 0.3 is 5.97 Å². The molecule has 2 aliphatic heterocycles. The van der Waals surface area contributed by atoms with Crippen LogP contribution in [-0.4, -0.2) is 48.1 Å². The first-order chi connectivity index (χ1) is 15.0. The fraction of sp³-hybridized carbons (Fsp3) is 0.458. The number of nitro benzene ring substituents is 1. The Morgan fingerprint density at radius 1 is 1.19 bits per heavy atom. The Labute approximate surface area is 182 Å². The van der Waals surface area contributed by atoms with Crippen LogP contribution in [0.4, 0.5) is 11.4 Å². The van der Waals surface area contributed by atoms with E-state index in [1.807, 2.05) is 25.1 Å². The molecule has 7 nitrogen and oxygen atoms in total. The molecular formula is C24H29N3O4. The molecule has 4 rings (SSSR count). The van der Waals surface area contributed by atoms with E-state index in [0.717, 1.165) is 31.6 Å². The molecule has 0 saturated carbocycles. The Hall–Kier alpha value is -2.93. The number of nitro groups is 1. The van der Waals surface area contributed by atoms with Crippen LogP contribution in [0.15, 0.2) is 48.5 Å². The largest absolute Gasteiger partial charge is 0.469 e. The Balaban J connectivity index is 1.51. The standard InChI is InChI=1S/C24H29N3O4/c1-3-18(12-24(28)31-2)19-9-10-22(23(11-19)27(29)30)26-16-20-13-21(26)15-25(20)14-17-7-5-4-6-8-17/h4-11,18,20-21H,3,12-16H2,1-2H3/t18?,20-,21-/m0/s1. The van der Waals surface area contributed by atoms with Gasteiger partial charge in [0.05, 0.1) is 18.5 Å². The Kier molecular flexibility index (Phi) is 6.23. The molecule has 2 aliphatic rings. The zero-order valence-corrected chi connectivity index (χ0v) is 18.1. The van der Waals surface area contributed by atoms with Crippen LogP contribution in [0.5, 0.6) is 0 Å². The second-order valence-electron chi connectivity index (χ2n) is 8.50. The third-order valence-electron chi connectivity index (χ3n) is 6.69. The molecule has 2 saturated heterocycles. The third kappa shape index (κ3) is 4.42. The van der Waals surface area contributed by atoms with Crippen molar-refractivity contribution in [3.63, 3.8) is 0 Å². The lowest BCUT2D eigenvalue weighted by molar-refractivity contribution is -0.384. The number of carbonyl (C=O) groups excluding carboxylic acids is 1. The first kappa shape index (κ1) is 21.3. The summed E-state index contributed by atoms with van der Waals surface area (Å²) >= 11 is 0. The van der Waals surface area contributed by atoms with Gasteiger partial charge in [0.2, 0.25) is 0 Å². The molecule has 31 heavy (non-hydrogen) atoms. The molecule has 7 heteroatoms. The van der Waals surface area contributed by atoms with Crippen molar-refractivity contribution in [3.8, 4) is 0 Å². The van der Waals surface area contributed by atoms with Gasteiger partial charge in [-0.2, -0.15) is 0 Å². The lowest BCUT2D eigenvalue weighted by atomic mass is 9.92. The smallest absolute Gasteiger partial charge is 0.306 e. The number of hydrogen-bond donors (Lipinski definition) is 0. The van der Waals surface area contributed by atoms with Crippen molar-refractivity contribution in [1.29, 1.82) is 0 Å². The molecule has 2 aromatic rings. The lowest BCUT2D eigenvalue weighted by Crippen LogP contribution is -2.46. The van der Waals surface area contributed by atoms with Crippen LogP contribution >= 0.6 is 0 Å².